The Morgan fingerprint density at radius 3 is 2.75 bits per heavy atom. The van der Waals surface area contributed by atoms with Crippen molar-refractivity contribution in [1.82, 2.24) is 0 Å². The lowest BCUT2D eigenvalue weighted by atomic mass is 10.1. The Morgan fingerprint density at radius 2 is 2.25 bits per heavy atom. The van der Waals surface area contributed by atoms with Crippen molar-refractivity contribution in [2.75, 3.05) is 0 Å². The molecule has 12 heavy (non-hydrogen) atoms. The van der Waals surface area contributed by atoms with Crippen LogP contribution in [0.25, 0.3) is 0 Å². The molecule has 2 heteroatoms. The molecule has 1 rings (SSSR count). The van der Waals surface area contributed by atoms with Gasteiger partial charge in [-0.1, -0.05) is 33.7 Å². The van der Waals surface area contributed by atoms with Crippen LogP contribution in [0.4, 0.5) is 0 Å². The highest BCUT2D eigenvalue weighted by Crippen LogP contribution is 2.28. The second kappa shape index (κ2) is 4.12. The van der Waals surface area contributed by atoms with Gasteiger partial charge >= 0.3 is 0 Å². The fourth-order valence-electron chi connectivity index (χ4n) is 1.14. The smallest absolute Gasteiger partial charge is 0.165 e. The third kappa shape index (κ3) is 2.12. The standard InChI is InChI=1S/C10H13IO/c1-4-9-5-7(2)6-11-10(9)8(3)12/h5-6H,4H2,1-3H3. The number of carbonyl (C=O) groups excluding carboxylic acids is 1. The Morgan fingerprint density at radius 1 is 1.58 bits per heavy atom. The average molecular weight is 276 g/mol. The van der Waals surface area contributed by atoms with E-state index in [1.807, 2.05) is 0 Å². The van der Waals surface area contributed by atoms with Gasteiger partial charge in [0.15, 0.2) is 5.78 Å². The van der Waals surface area contributed by atoms with Crippen LogP contribution >= 0.6 is 20.7 Å². The van der Waals surface area contributed by atoms with Gasteiger partial charge in [-0.15, -0.1) is 0 Å². The predicted octanol–water partition coefficient (Wildman–Crippen LogP) is 2.97. The lowest BCUT2D eigenvalue weighted by molar-refractivity contribution is -0.112. The summed E-state index contributed by atoms with van der Waals surface area (Å²) in [5.41, 5.74) is 2.58. The minimum Gasteiger partial charge on any atom is -0.294 e. The van der Waals surface area contributed by atoms with Crippen LogP contribution in [0.5, 0.6) is 0 Å². The summed E-state index contributed by atoms with van der Waals surface area (Å²) >= 11 is -0.141. The van der Waals surface area contributed by atoms with Crippen LogP contribution < -0.4 is 0 Å². The van der Waals surface area contributed by atoms with Gasteiger partial charge in [-0.2, -0.15) is 0 Å². The molecule has 0 bridgehead atoms. The van der Waals surface area contributed by atoms with E-state index in [-0.39, 0.29) is 26.5 Å². The number of Topliss-reactive ketones (excluding diaryl/α,β-unsaturated/α-hetero) is 1. The third-order valence-corrected chi connectivity index (χ3v) is 5.08. The van der Waals surface area contributed by atoms with Crippen molar-refractivity contribution in [2.45, 2.75) is 27.2 Å². The lowest BCUT2D eigenvalue weighted by Crippen LogP contribution is -1.98. The molecular weight excluding hydrogens is 263 g/mol. The molecule has 66 valence electrons. The van der Waals surface area contributed by atoms with Gasteiger partial charge in [0.25, 0.3) is 0 Å². The molecule has 1 heterocycles. The number of hydrogen-bond acceptors (Lipinski definition) is 1. The van der Waals surface area contributed by atoms with E-state index in [2.05, 4.69) is 23.9 Å². The molecular formula is C10H13IO. The van der Waals surface area contributed by atoms with Crippen LogP contribution in [-0.4, -0.2) is 9.79 Å². The van der Waals surface area contributed by atoms with Crippen molar-refractivity contribution in [3.05, 3.63) is 20.8 Å². The van der Waals surface area contributed by atoms with Gasteiger partial charge in [0.1, 0.15) is 0 Å². The first-order chi connectivity index (χ1) is 5.65. The number of ketones is 1. The van der Waals surface area contributed by atoms with Crippen LogP contribution in [0.15, 0.2) is 20.8 Å². The molecule has 1 aliphatic heterocycles. The van der Waals surface area contributed by atoms with Crippen LogP contribution in [0.3, 0.4) is 0 Å². The number of allylic oxidation sites excluding steroid dienone is 4. The maximum absolute atomic E-state index is 11.2. The fraction of sp³-hybridized carbons (Fsp3) is 0.400. The lowest BCUT2D eigenvalue weighted by Gasteiger charge is -2.08. The highest BCUT2D eigenvalue weighted by molar-refractivity contribution is 14.2. The van der Waals surface area contributed by atoms with Crippen LogP contribution in [-0.2, 0) is 4.79 Å². The number of halogens is 1. The first-order valence-corrected chi connectivity index (χ1v) is 6.36. The summed E-state index contributed by atoms with van der Waals surface area (Å²) in [6.07, 6.45) is 3.12. The van der Waals surface area contributed by atoms with Crippen molar-refractivity contribution in [1.29, 1.82) is 0 Å². The molecule has 1 aliphatic rings. The molecule has 1 nitrogen and oxygen atoms in total. The molecule has 0 aromatic heterocycles. The van der Waals surface area contributed by atoms with Gasteiger partial charge in [-0.05, 0) is 35.4 Å². The molecule has 0 aromatic rings. The summed E-state index contributed by atoms with van der Waals surface area (Å²) in [7, 11) is 0. The zero-order valence-corrected chi connectivity index (χ0v) is 9.81. The molecule has 0 spiro atoms. The van der Waals surface area contributed by atoms with E-state index >= 15 is 0 Å². The van der Waals surface area contributed by atoms with E-state index in [1.54, 1.807) is 6.92 Å². The number of hydrogen-bond donors (Lipinski definition) is 0. The Bertz CT molecular complexity index is 295. The Kier molecular flexibility index (Phi) is 3.38. The molecule has 0 N–H and O–H groups in total. The Balaban J connectivity index is 3.11. The fourth-order valence-corrected chi connectivity index (χ4v) is 3.50. The molecule has 0 amide bonds. The first kappa shape index (κ1) is 9.84. The number of rotatable bonds is 2. The third-order valence-electron chi connectivity index (χ3n) is 1.71. The molecule has 0 aliphatic carbocycles. The quantitative estimate of drug-likeness (QED) is 0.709. The van der Waals surface area contributed by atoms with Gasteiger partial charge in [-0.25, -0.2) is 0 Å². The highest BCUT2D eigenvalue weighted by Gasteiger charge is 2.09. The van der Waals surface area contributed by atoms with E-state index in [1.165, 1.54) is 11.1 Å². The Hall–Kier alpha value is -0.250. The van der Waals surface area contributed by atoms with Crippen LogP contribution in [0, 0.1) is 0 Å². The van der Waals surface area contributed by atoms with Crippen LogP contribution in [0.2, 0.25) is 0 Å². The molecule has 0 fully saturated rings. The molecule has 0 radical (unpaired) electrons. The Labute approximate surface area is 83.3 Å². The van der Waals surface area contributed by atoms with Gasteiger partial charge in [-0.3, -0.25) is 4.79 Å². The van der Waals surface area contributed by atoms with Crippen molar-refractivity contribution in [3.63, 3.8) is 0 Å². The summed E-state index contributed by atoms with van der Waals surface area (Å²) in [5.74, 6) is 0.264. The highest BCUT2D eigenvalue weighted by atomic mass is 127. The van der Waals surface area contributed by atoms with Gasteiger partial charge in [0.05, 0.1) is 3.58 Å². The number of carbonyl (C=O) groups is 1. The molecule has 0 atom stereocenters. The van der Waals surface area contributed by atoms with Crippen molar-refractivity contribution in [2.24, 2.45) is 0 Å². The second-order valence-electron chi connectivity index (χ2n) is 2.86. The van der Waals surface area contributed by atoms with E-state index < -0.39 is 0 Å². The van der Waals surface area contributed by atoms with Crippen molar-refractivity contribution in [3.8, 4) is 0 Å². The first-order valence-electron chi connectivity index (χ1n) is 4.04. The molecule has 0 saturated carbocycles. The SMILES string of the molecule is CCC1=C(C(C)=O)I=CC(C)=C1. The summed E-state index contributed by atoms with van der Waals surface area (Å²) in [6.45, 7) is 5.89. The second-order valence-corrected chi connectivity index (χ2v) is 5.18. The zero-order chi connectivity index (χ0) is 9.14. The molecule has 0 saturated heterocycles. The summed E-state index contributed by atoms with van der Waals surface area (Å²) < 4.78 is 3.32. The molecule has 0 aromatic carbocycles. The molecule has 0 unspecified atom stereocenters. The summed E-state index contributed by atoms with van der Waals surface area (Å²) in [4.78, 5) is 11.2. The summed E-state index contributed by atoms with van der Waals surface area (Å²) in [6, 6.07) is 0. The van der Waals surface area contributed by atoms with Crippen LogP contribution in [0.1, 0.15) is 27.2 Å². The normalized spacial score (nSPS) is 17.1. The van der Waals surface area contributed by atoms with Gasteiger partial charge in [0, 0.05) is 0 Å². The van der Waals surface area contributed by atoms with E-state index in [9.17, 15) is 4.79 Å². The van der Waals surface area contributed by atoms with E-state index in [0.29, 0.717) is 0 Å². The maximum atomic E-state index is 11.2. The predicted molar refractivity (Wildman–Crippen MR) is 61.8 cm³/mol. The minimum atomic E-state index is -0.141. The van der Waals surface area contributed by atoms with E-state index in [0.717, 1.165) is 10.0 Å². The minimum absolute atomic E-state index is 0.141. The largest absolute Gasteiger partial charge is 0.294 e. The summed E-state index contributed by atoms with van der Waals surface area (Å²) in [5, 5.41) is 0. The van der Waals surface area contributed by atoms with E-state index in [4.69, 9.17) is 0 Å². The topological polar surface area (TPSA) is 17.1 Å². The average Bonchev–Trinajstić information content (AvgIpc) is 2.03. The van der Waals surface area contributed by atoms with Crippen molar-refractivity contribution >= 4 is 30.5 Å². The van der Waals surface area contributed by atoms with Gasteiger partial charge in [0.2, 0.25) is 0 Å². The van der Waals surface area contributed by atoms with Gasteiger partial charge < -0.3 is 0 Å². The maximum Gasteiger partial charge on any atom is 0.165 e. The van der Waals surface area contributed by atoms with Crippen molar-refractivity contribution < 1.29 is 4.79 Å². The zero-order valence-electron chi connectivity index (χ0n) is 7.65. The monoisotopic (exact) mass is 276 g/mol.